The van der Waals surface area contributed by atoms with Gasteiger partial charge in [-0.1, -0.05) is 35.5 Å². The van der Waals surface area contributed by atoms with Gasteiger partial charge in [-0.15, -0.1) is 0 Å². The van der Waals surface area contributed by atoms with Gasteiger partial charge in [-0.25, -0.2) is 0 Å². The zero-order chi connectivity index (χ0) is 15.2. The molecule has 114 valence electrons. The summed E-state index contributed by atoms with van der Waals surface area (Å²) in [6.07, 6.45) is 1.01. The Morgan fingerprint density at radius 2 is 1.91 bits per heavy atom. The van der Waals surface area contributed by atoms with Crippen molar-refractivity contribution in [1.82, 2.24) is 0 Å². The van der Waals surface area contributed by atoms with E-state index in [4.69, 9.17) is 9.57 Å². The van der Waals surface area contributed by atoms with Crippen LogP contribution in [0, 0.1) is 0 Å². The van der Waals surface area contributed by atoms with E-state index < -0.39 is 0 Å². The highest BCUT2D eigenvalue weighted by Gasteiger charge is 2.23. The van der Waals surface area contributed by atoms with E-state index in [9.17, 15) is 0 Å². The number of quaternary nitrogens is 1. The van der Waals surface area contributed by atoms with Crippen LogP contribution in [0.1, 0.15) is 17.5 Å². The number of oxime groups is 1. The van der Waals surface area contributed by atoms with E-state index >= 15 is 0 Å². The Morgan fingerprint density at radius 1 is 1.14 bits per heavy atom. The molecule has 0 bridgehead atoms. The molecule has 0 spiro atoms. The minimum Gasteiger partial charge on any atom is -0.497 e. The van der Waals surface area contributed by atoms with Gasteiger partial charge >= 0.3 is 0 Å². The summed E-state index contributed by atoms with van der Waals surface area (Å²) in [5, 5.41) is 6.49. The van der Waals surface area contributed by atoms with Crippen LogP contribution < -0.4 is 10.1 Å². The maximum atomic E-state index is 5.54. The Balaban J connectivity index is 1.47. The number of nitrogens with zero attached hydrogens (tertiary/aromatic N) is 1. The molecule has 1 atom stereocenters. The second kappa shape index (κ2) is 7.09. The molecule has 2 aromatic carbocycles. The highest BCUT2D eigenvalue weighted by atomic mass is 16.6. The Kier molecular flexibility index (Phi) is 4.71. The molecule has 0 aromatic heterocycles. The van der Waals surface area contributed by atoms with E-state index in [1.807, 2.05) is 30.3 Å². The summed E-state index contributed by atoms with van der Waals surface area (Å²) in [6, 6.07) is 18.4. The van der Waals surface area contributed by atoms with Crippen molar-refractivity contribution >= 4 is 5.71 Å². The van der Waals surface area contributed by atoms with Gasteiger partial charge in [0.15, 0.2) is 6.10 Å². The van der Waals surface area contributed by atoms with Crippen molar-refractivity contribution in [2.75, 3.05) is 13.7 Å². The minimum absolute atomic E-state index is 0.154. The maximum absolute atomic E-state index is 5.54. The van der Waals surface area contributed by atoms with Crippen LogP contribution in [-0.4, -0.2) is 25.5 Å². The SMILES string of the molecule is COc1ccc(C2=NO[C@@H](C[NH2+]Cc3ccccc3)C2)cc1. The molecule has 0 unspecified atom stereocenters. The first-order valence-electron chi connectivity index (χ1n) is 7.58. The number of hydrogen-bond donors (Lipinski definition) is 1. The highest BCUT2D eigenvalue weighted by Crippen LogP contribution is 2.18. The van der Waals surface area contributed by atoms with E-state index in [0.29, 0.717) is 0 Å². The summed E-state index contributed by atoms with van der Waals surface area (Å²) in [7, 11) is 1.67. The van der Waals surface area contributed by atoms with Gasteiger partial charge in [0.25, 0.3) is 0 Å². The number of nitrogens with two attached hydrogens (primary N) is 1. The fourth-order valence-corrected chi connectivity index (χ4v) is 2.56. The second-order valence-electron chi connectivity index (χ2n) is 5.41. The molecule has 0 amide bonds. The first-order chi connectivity index (χ1) is 10.8. The van der Waals surface area contributed by atoms with Crippen molar-refractivity contribution in [3.8, 4) is 5.75 Å². The molecule has 4 heteroatoms. The predicted molar refractivity (Wildman–Crippen MR) is 86.0 cm³/mol. The molecule has 3 rings (SSSR count). The molecule has 0 radical (unpaired) electrons. The molecule has 0 aliphatic carbocycles. The van der Waals surface area contributed by atoms with Crippen molar-refractivity contribution in [2.24, 2.45) is 5.16 Å². The van der Waals surface area contributed by atoms with Gasteiger partial charge < -0.3 is 14.9 Å². The molecule has 2 aromatic rings. The predicted octanol–water partition coefficient (Wildman–Crippen LogP) is 1.95. The highest BCUT2D eigenvalue weighted by molar-refractivity contribution is 6.01. The zero-order valence-corrected chi connectivity index (χ0v) is 12.7. The number of benzene rings is 2. The van der Waals surface area contributed by atoms with Crippen LogP contribution in [0.4, 0.5) is 0 Å². The lowest BCUT2D eigenvalue weighted by Crippen LogP contribution is -2.84. The van der Waals surface area contributed by atoms with Crippen molar-refractivity contribution in [3.05, 3.63) is 65.7 Å². The topological polar surface area (TPSA) is 47.4 Å². The number of methoxy groups -OCH3 is 1. The summed E-state index contributed by atoms with van der Waals surface area (Å²) in [6.45, 7) is 1.89. The smallest absolute Gasteiger partial charge is 0.181 e. The lowest BCUT2D eigenvalue weighted by Gasteiger charge is -2.07. The van der Waals surface area contributed by atoms with Gasteiger partial charge in [-0.3, -0.25) is 0 Å². The second-order valence-corrected chi connectivity index (χ2v) is 5.41. The Labute approximate surface area is 130 Å². The van der Waals surface area contributed by atoms with Crippen LogP contribution >= 0.6 is 0 Å². The van der Waals surface area contributed by atoms with E-state index in [0.717, 1.165) is 36.5 Å². The van der Waals surface area contributed by atoms with Gasteiger partial charge in [0.05, 0.1) is 12.8 Å². The lowest BCUT2D eigenvalue weighted by atomic mass is 10.0. The summed E-state index contributed by atoms with van der Waals surface area (Å²) < 4.78 is 5.17. The third-order valence-electron chi connectivity index (χ3n) is 3.81. The molecule has 2 N–H and O–H groups in total. The van der Waals surface area contributed by atoms with Crippen LogP contribution in [0.3, 0.4) is 0 Å². The fourth-order valence-electron chi connectivity index (χ4n) is 2.56. The number of rotatable bonds is 6. The van der Waals surface area contributed by atoms with Gasteiger partial charge in [-0.05, 0) is 29.8 Å². The number of ether oxygens (including phenoxy) is 1. The van der Waals surface area contributed by atoms with Crippen LogP contribution in [-0.2, 0) is 11.4 Å². The first kappa shape index (κ1) is 14.6. The van der Waals surface area contributed by atoms with E-state index in [1.54, 1.807) is 7.11 Å². The van der Waals surface area contributed by atoms with Gasteiger partial charge in [0.1, 0.15) is 18.8 Å². The Hall–Kier alpha value is -2.33. The average Bonchev–Trinajstić information content (AvgIpc) is 3.05. The molecule has 0 saturated heterocycles. The summed E-state index contributed by atoms with van der Waals surface area (Å²) in [5.41, 5.74) is 3.45. The molecule has 1 heterocycles. The van der Waals surface area contributed by atoms with Crippen molar-refractivity contribution in [3.63, 3.8) is 0 Å². The van der Waals surface area contributed by atoms with Crippen LogP contribution in [0.2, 0.25) is 0 Å². The van der Waals surface area contributed by atoms with Crippen molar-refractivity contribution in [2.45, 2.75) is 19.1 Å². The molecule has 0 saturated carbocycles. The zero-order valence-electron chi connectivity index (χ0n) is 12.7. The summed E-state index contributed by atoms with van der Waals surface area (Å²) >= 11 is 0. The molecule has 4 nitrogen and oxygen atoms in total. The van der Waals surface area contributed by atoms with E-state index in [1.165, 1.54) is 5.56 Å². The van der Waals surface area contributed by atoms with Gasteiger partial charge in [0, 0.05) is 12.0 Å². The Bertz CT molecular complexity index is 623. The van der Waals surface area contributed by atoms with E-state index in [-0.39, 0.29) is 6.10 Å². The summed E-state index contributed by atoms with van der Waals surface area (Å²) in [4.78, 5) is 5.54. The molecule has 1 aliphatic heterocycles. The molecular formula is C18H21N2O2+. The van der Waals surface area contributed by atoms with Crippen molar-refractivity contribution < 1.29 is 14.9 Å². The number of hydrogen-bond acceptors (Lipinski definition) is 3. The largest absolute Gasteiger partial charge is 0.497 e. The standard InChI is InChI=1S/C18H20N2O2/c1-21-16-9-7-15(8-10-16)18-11-17(22-20-18)13-19-12-14-5-3-2-4-6-14/h2-10,17,19H,11-13H2,1H3/p+1/t17-/m1/s1. The molecular weight excluding hydrogens is 276 g/mol. The lowest BCUT2D eigenvalue weighted by molar-refractivity contribution is -0.676. The monoisotopic (exact) mass is 297 g/mol. The Morgan fingerprint density at radius 3 is 2.64 bits per heavy atom. The van der Waals surface area contributed by atoms with Gasteiger partial charge in [0.2, 0.25) is 0 Å². The maximum Gasteiger partial charge on any atom is 0.181 e. The quantitative estimate of drug-likeness (QED) is 0.886. The van der Waals surface area contributed by atoms with Crippen LogP contribution in [0.25, 0.3) is 0 Å². The average molecular weight is 297 g/mol. The first-order valence-corrected chi connectivity index (χ1v) is 7.58. The molecule has 1 aliphatic rings. The van der Waals surface area contributed by atoms with Crippen molar-refractivity contribution in [1.29, 1.82) is 0 Å². The van der Waals surface area contributed by atoms with E-state index in [2.05, 4.69) is 34.7 Å². The minimum atomic E-state index is 0.154. The fraction of sp³-hybridized carbons (Fsp3) is 0.278. The molecule has 0 fully saturated rings. The normalized spacial score (nSPS) is 17.0. The summed E-state index contributed by atoms with van der Waals surface area (Å²) in [5.74, 6) is 0.857. The molecule has 22 heavy (non-hydrogen) atoms. The van der Waals surface area contributed by atoms with Crippen LogP contribution in [0.15, 0.2) is 59.8 Å². The third-order valence-corrected chi connectivity index (χ3v) is 3.81. The van der Waals surface area contributed by atoms with Crippen LogP contribution in [0.5, 0.6) is 5.75 Å². The van der Waals surface area contributed by atoms with Gasteiger partial charge in [-0.2, -0.15) is 0 Å². The third kappa shape index (κ3) is 3.65.